The molecule has 0 fully saturated rings. The van der Waals surface area contributed by atoms with Crippen molar-refractivity contribution in [1.29, 1.82) is 0 Å². The summed E-state index contributed by atoms with van der Waals surface area (Å²) in [5.41, 5.74) is 0. The lowest BCUT2D eigenvalue weighted by Crippen LogP contribution is -2.28. The van der Waals surface area contributed by atoms with E-state index < -0.39 is 0 Å². The highest BCUT2D eigenvalue weighted by Gasteiger charge is 2.00. The molecular weight excluding hydrogens is 166 g/mol. The van der Waals surface area contributed by atoms with Crippen molar-refractivity contribution in [2.45, 2.75) is 26.2 Å². The largest absolute Gasteiger partial charge is 0.396 e. The minimum absolute atomic E-state index is 0.324. The van der Waals surface area contributed by atoms with E-state index in [0.29, 0.717) is 6.61 Å². The van der Waals surface area contributed by atoms with Crippen LogP contribution in [0.25, 0.3) is 0 Å². The number of nitrogens with zero attached hydrogens (tertiary/aromatic N) is 1. The van der Waals surface area contributed by atoms with Crippen LogP contribution in [0.5, 0.6) is 0 Å². The molecule has 0 radical (unpaired) electrons. The maximum atomic E-state index is 8.60. The lowest BCUT2D eigenvalue weighted by molar-refractivity contribution is 0.149. The summed E-state index contributed by atoms with van der Waals surface area (Å²) < 4.78 is 5.02. The zero-order valence-corrected chi connectivity index (χ0v) is 8.96. The third kappa shape index (κ3) is 8.22. The van der Waals surface area contributed by atoms with Gasteiger partial charge in [0.1, 0.15) is 0 Å². The Balaban J connectivity index is 3.25. The smallest absolute Gasteiger partial charge is 0.0589 e. The van der Waals surface area contributed by atoms with Gasteiger partial charge in [0.05, 0.1) is 6.61 Å². The van der Waals surface area contributed by atoms with Gasteiger partial charge in [-0.1, -0.05) is 6.92 Å². The molecule has 0 amide bonds. The van der Waals surface area contributed by atoms with Crippen molar-refractivity contribution in [1.82, 2.24) is 4.90 Å². The first-order chi connectivity index (χ1) is 6.35. The monoisotopic (exact) mass is 189 g/mol. The van der Waals surface area contributed by atoms with Gasteiger partial charge in [0.2, 0.25) is 0 Å². The first-order valence-electron chi connectivity index (χ1n) is 5.17. The predicted molar refractivity (Wildman–Crippen MR) is 54.9 cm³/mol. The maximum absolute atomic E-state index is 8.60. The fraction of sp³-hybridized carbons (Fsp3) is 1.00. The fourth-order valence-corrected chi connectivity index (χ4v) is 1.27. The van der Waals surface area contributed by atoms with Crippen LogP contribution in [0.3, 0.4) is 0 Å². The molecular formula is C10H23NO2. The Morgan fingerprint density at radius 2 is 1.92 bits per heavy atom. The Labute approximate surface area is 81.7 Å². The van der Waals surface area contributed by atoms with E-state index in [4.69, 9.17) is 9.84 Å². The van der Waals surface area contributed by atoms with Crippen LogP contribution in [-0.4, -0.2) is 50.0 Å². The maximum Gasteiger partial charge on any atom is 0.0589 e. The Hall–Kier alpha value is -0.120. The molecule has 0 atom stereocenters. The van der Waals surface area contributed by atoms with E-state index in [-0.39, 0.29) is 0 Å². The molecule has 0 aromatic carbocycles. The summed E-state index contributed by atoms with van der Waals surface area (Å²) in [6, 6.07) is 0. The van der Waals surface area contributed by atoms with E-state index >= 15 is 0 Å². The van der Waals surface area contributed by atoms with Crippen LogP contribution in [0.2, 0.25) is 0 Å². The average Bonchev–Trinajstić information content (AvgIpc) is 2.17. The lowest BCUT2D eigenvalue weighted by Gasteiger charge is -2.19. The highest BCUT2D eigenvalue weighted by Crippen LogP contribution is 1.98. The summed E-state index contributed by atoms with van der Waals surface area (Å²) in [5.74, 6) is 0. The molecule has 0 heterocycles. The lowest BCUT2D eigenvalue weighted by atomic mass is 10.2. The van der Waals surface area contributed by atoms with Crippen molar-refractivity contribution in [2.75, 3.05) is 40.0 Å². The number of rotatable bonds is 9. The number of hydrogen-bond acceptors (Lipinski definition) is 3. The number of ether oxygens (including phenoxy) is 1. The van der Waals surface area contributed by atoms with E-state index in [9.17, 15) is 0 Å². The predicted octanol–water partition coefficient (Wildman–Crippen LogP) is 1.12. The Morgan fingerprint density at radius 1 is 1.15 bits per heavy atom. The topological polar surface area (TPSA) is 32.7 Å². The fourth-order valence-electron chi connectivity index (χ4n) is 1.27. The highest BCUT2D eigenvalue weighted by atomic mass is 16.5. The van der Waals surface area contributed by atoms with Gasteiger partial charge in [-0.15, -0.1) is 0 Å². The first-order valence-corrected chi connectivity index (χ1v) is 5.17. The highest BCUT2D eigenvalue weighted by molar-refractivity contribution is 4.54. The molecule has 1 N–H and O–H groups in total. The van der Waals surface area contributed by atoms with Gasteiger partial charge < -0.3 is 14.7 Å². The minimum Gasteiger partial charge on any atom is -0.396 e. The van der Waals surface area contributed by atoms with Crippen LogP contribution in [-0.2, 0) is 4.74 Å². The molecule has 3 heteroatoms. The van der Waals surface area contributed by atoms with Gasteiger partial charge in [-0.05, 0) is 32.4 Å². The third-order valence-corrected chi connectivity index (χ3v) is 2.19. The summed E-state index contributed by atoms with van der Waals surface area (Å²) in [5, 5.41) is 8.60. The van der Waals surface area contributed by atoms with E-state index in [2.05, 4.69) is 11.8 Å². The second-order valence-electron chi connectivity index (χ2n) is 3.21. The van der Waals surface area contributed by atoms with Gasteiger partial charge in [0.15, 0.2) is 0 Å². The van der Waals surface area contributed by atoms with Gasteiger partial charge >= 0.3 is 0 Å². The van der Waals surface area contributed by atoms with Crippen LogP contribution >= 0.6 is 0 Å². The normalized spacial score (nSPS) is 11.1. The van der Waals surface area contributed by atoms with Crippen molar-refractivity contribution < 1.29 is 9.84 Å². The molecule has 13 heavy (non-hydrogen) atoms. The number of aliphatic hydroxyl groups is 1. The van der Waals surface area contributed by atoms with Crippen molar-refractivity contribution in [3.8, 4) is 0 Å². The number of aliphatic hydroxyl groups excluding tert-OH is 1. The molecule has 0 aliphatic rings. The summed E-state index contributed by atoms with van der Waals surface area (Å²) in [4.78, 5) is 2.38. The SMILES string of the molecule is CCN(CCCCCO)CCOC. The van der Waals surface area contributed by atoms with Crippen LogP contribution < -0.4 is 0 Å². The molecule has 0 saturated heterocycles. The van der Waals surface area contributed by atoms with Crippen LogP contribution in [0.1, 0.15) is 26.2 Å². The van der Waals surface area contributed by atoms with E-state index in [1.54, 1.807) is 7.11 Å². The van der Waals surface area contributed by atoms with E-state index in [1.165, 1.54) is 6.42 Å². The Kier molecular flexibility index (Phi) is 9.87. The molecule has 0 aliphatic carbocycles. The summed E-state index contributed by atoms with van der Waals surface area (Å²) in [6.07, 6.45) is 3.24. The molecule has 0 spiro atoms. The van der Waals surface area contributed by atoms with Crippen LogP contribution in [0, 0.1) is 0 Å². The molecule has 0 aromatic heterocycles. The molecule has 0 aliphatic heterocycles. The van der Waals surface area contributed by atoms with Crippen molar-refractivity contribution >= 4 is 0 Å². The first kappa shape index (κ1) is 12.9. The van der Waals surface area contributed by atoms with Gasteiger partial charge in [-0.2, -0.15) is 0 Å². The summed E-state index contributed by atoms with van der Waals surface area (Å²) in [7, 11) is 1.74. The molecule has 0 bridgehead atoms. The molecule has 3 nitrogen and oxygen atoms in total. The number of methoxy groups -OCH3 is 1. The van der Waals surface area contributed by atoms with Gasteiger partial charge in [-0.3, -0.25) is 0 Å². The van der Waals surface area contributed by atoms with Gasteiger partial charge in [0.25, 0.3) is 0 Å². The number of likely N-dealkylation sites (N-methyl/N-ethyl adjacent to an activating group) is 1. The molecule has 0 aromatic rings. The van der Waals surface area contributed by atoms with Crippen molar-refractivity contribution in [3.05, 3.63) is 0 Å². The minimum atomic E-state index is 0.324. The zero-order chi connectivity index (χ0) is 9.94. The number of hydrogen-bond donors (Lipinski definition) is 1. The van der Waals surface area contributed by atoms with Crippen LogP contribution in [0.15, 0.2) is 0 Å². The molecule has 0 saturated carbocycles. The standard InChI is InChI=1S/C10H23NO2/c1-3-11(8-10-13-2)7-5-4-6-9-12/h12H,3-10H2,1-2H3. The third-order valence-electron chi connectivity index (χ3n) is 2.19. The number of unbranched alkanes of at least 4 members (excludes halogenated alkanes) is 2. The molecule has 0 rings (SSSR count). The summed E-state index contributed by atoms with van der Waals surface area (Å²) >= 11 is 0. The quantitative estimate of drug-likeness (QED) is 0.552. The van der Waals surface area contributed by atoms with Gasteiger partial charge in [-0.25, -0.2) is 0 Å². The second-order valence-corrected chi connectivity index (χ2v) is 3.21. The second kappa shape index (κ2) is 9.96. The van der Waals surface area contributed by atoms with Crippen molar-refractivity contribution in [2.24, 2.45) is 0 Å². The molecule has 80 valence electrons. The van der Waals surface area contributed by atoms with Crippen LogP contribution in [0.4, 0.5) is 0 Å². The zero-order valence-electron chi connectivity index (χ0n) is 8.96. The van der Waals surface area contributed by atoms with Gasteiger partial charge in [0, 0.05) is 20.3 Å². The van der Waals surface area contributed by atoms with Crippen molar-refractivity contribution in [3.63, 3.8) is 0 Å². The Bertz CT molecular complexity index is 98.9. The average molecular weight is 189 g/mol. The molecule has 0 unspecified atom stereocenters. The van der Waals surface area contributed by atoms with E-state index in [1.807, 2.05) is 0 Å². The van der Waals surface area contributed by atoms with E-state index in [0.717, 1.165) is 39.1 Å². The summed E-state index contributed by atoms with van der Waals surface area (Å²) in [6.45, 7) is 6.54. The Morgan fingerprint density at radius 3 is 2.46 bits per heavy atom.